The number of nitrogens with one attached hydrogen (secondary N) is 1. The summed E-state index contributed by atoms with van der Waals surface area (Å²) in [5.41, 5.74) is 1.05. The molecule has 2 aromatic carbocycles. The van der Waals surface area contributed by atoms with Crippen LogP contribution in [0.15, 0.2) is 48.2 Å². The van der Waals surface area contributed by atoms with Gasteiger partial charge in [0.15, 0.2) is 11.5 Å². The van der Waals surface area contributed by atoms with Crippen molar-refractivity contribution < 1.29 is 19.1 Å². The third kappa shape index (κ3) is 5.01. The van der Waals surface area contributed by atoms with Crippen molar-refractivity contribution in [1.29, 1.82) is 0 Å². The van der Waals surface area contributed by atoms with E-state index < -0.39 is 5.91 Å². The Hall–Kier alpha value is -2.99. The minimum absolute atomic E-state index is 0.108. The van der Waals surface area contributed by atoms with Crippen LogP contribution in [0.2, 0.25) is 5.02 Å². The zero-order chi connectivity index (χ0) is 20.0. The van der Waals surface area contributed by atoms with E-state index in [1.54, 1.807) is 62.6 Å². The van der Waals surface area contributed by atoms with Gasteiger partial charge in [0, 0.05) is 14.1 Å². The molecule has 27 heavy (non-hydrogen) atoms. The number of hydrogen-bond donors (Lipinski definition) is 1. The van der Waals surface area contributed by atoms with Gasteiger partial charge in [-0.1, -0.05) is 29.8 Å². The van der Waals surface area contributed by atoms with Crippen molar-refractivity contribution in [2.75, 3.05) is 28.3 Å². The summed E-state index contributed by atoms with van der Waals surface area (Å²) in [6.45, 7) is 0. The summed E-state index contributed by atoms with van der Waals surface area (Å²) in [5.74, 6) is 0.253. The zero-order valence-corrected chi connectivity index (χ0v) is 16.3. The lowest BCUT2D eigenvalue weighted by Gasteiger charge is -2.15. The second kappa shape index (κ2) is 9.09. The van der Waals surface area contributed by atoms with Gasteiger partial charge in [0.05, 0.1) is 24.8 Å². The van der Waals surface area contributed by atoms with Gasteiger partial charge in [0.25, 0.3) is 11.8 Å². The Kier molecular flexibility index (Phi) is 6.85. The number of benzene rings is 2. The average molecular weight is 389 g/mol. The molecular weight excluding hydrogens is 368 g/mol. The first-order valence-corrected chi connectivity index (χ1v) is 8.46. The third-order valence-corrected chi connectivity index (χ3v) is 4.05. The molecule has 2 aromatic rings. The fourth-order valence-electron chi connectivity index (χ4n) is 2.34. The maximum absolute atomic E-state index is 12.6. The van der Waals surface area contributed by atoms with Crippen LogP contribution in [0, 0.1) is 0 Å². The highest BCUT2D eigenvalue weighted by Crippen LogP contribution is 2.28. The molecule has 0 aliphatic carbocycles. The summed E-state index contributed by atoms with van der Waals surface area (Å²) in [5, 5.41) is 2.95. The van der Waals surface area contributed by atoms with Gasteiger partial charge >= 0.3 is 0 Å². The summed E-state index contributed by atoms with van der Waals surface area (Å²) in [6, 6.07) is 11.8. The van der Waals surface area contributed by atoms with Crippen molar-refractivity contribution in [2.24, 2.45) is 0 Å². The molecule has 0 saturated heterocycles. The number of likely N-dealkylation sites (N-methyl/N-ethyl adjacent to an activating group) is 1. The van der Waals surface area contributed by atoms with E-state index in [0.29, 0.717) is 22.1 Å². The van der Waals surface area contributed by atoms with Crippen molar-refractivity contribution in [3.63, 3.8) is 0 Å². The molecule has 2 rings (SSSR count). The molecule has 0 fully saturated rings. The molecule has 6 nitrogen and oxygen atoms in total. The maximum Gasteiger partial charge on any atom is 0.269 e. The van der Waals surface area contributed by atoms with Crippen molar-refractivity contribution in [3.05, 3.63) is 64.3 Å². The molecule has 7 heteroatoms. The number of amides is 2. The summed E-state index contributed by atoms with van der Waals surface area (Å²) >= 11 is 6.07. The largest absolute Gasteiger partial charge is 0.493 e. The maximum atomic E-state index is 12.6. The van der Waals surface area contributed by atoms with Gasteiger partial charge in [-0.15, -0.1) is 0 Å². The Bertz CT molecular complexity index is 878. The average Bonchev–Trinajstić information content (AvgIpc) is 2.66. The first-order chi connectivity index (χ1) is 12.9. The lowest BCUT2D eigenvalue weighted by Crippen LogP contribution is -2.34. The molecule has 0 bridgehead atoms. The van der Waals surface area contributed by atoms with Crippen LogP contribution in [-0.4, -0.2) is 45.0 Å². The molecule has 0 saturated carbocycles. The molecule has 0 aromatic heterocycles. The summed E-state index contributed by atoms with van der Waals surface area (Å²) in [7, 11) is 6.27. The van der Waals surface area contributed by atoms with E-state index in [-0.39, 0.29) is 17.2 Å². The number of methoxy groups -OCH3 is 2. The first kappa shape index (κ1) is 20.3. The van der Waals surface area contributed by atoms with Gasteiger partial charge < -0.3 is 19.7 Å². The highest BCUT2D eigenvalue weighted by atomic mass is 35.5. The van der Waals surface area contributed by atoms with Gasteiger partial charge in [-0.25, -0.2) is 0 Å². The van der Waals surface area contributed by atoms with Gasteiger partial charge in [-0.05, 0) is 35.9 Å². The Morgan fingerprint density at radius 1 is 1.04 bits per heavy atom. The Balaban J connectivity index is 2.40. The van der Waals surface area contributed by atoms with Crippen LogP contribution < -0.4 is 14.8 Å². The van der Waals surface area contributed by atoms with Crippen LogP contribution in [0.1, 0.15) is 15.9 Å². The van der Waals surface area contributed by atoms with E-state index in [9.17, 15) is 9.59 Å². The van der Waals surface area contributed by atoms with Crippen LogP contribution >= 0.6 is 11.6 Å². The van der Waals surface area contributed by atoms with Crippen LogP contribution in [0.5, 0.6) is 11.5 Å². The van der Waals surface area contributed by atoms with E-state index >= 15 is 0 Å². The highest BCUT2D eigenvalue weighted by molar-refractivity contribution is 6.34. The number of hydrogen-bond acceptors (Lipinski definition) is 4. The second-order valence-electron chi connectivity index (χ2n) is 5.81. The Labute approximate surface area is 163 Å². The number of ether oxygens (including phenoxy) is 2. The fourth-order valence-corrected chi connectivity index (χ4v) is 2.56. The van der Waals surface area contributed by atoms with Gasteiger partial charge in [-0.2, -0.15) is 0 Å². The molecule has 0 spiro atoms. The van der Waals surface area contributed by atoms with Crippen LogP contribution in [-0.2, 0) is 4.79 Å². The molecule has 1 N–H and O–H groups in total. The van der Waals surface area contributed by atoms with Crippen LogP contribution in [0.4, 0.5) is 0 Å². The van der Waals surface area contributed by atoms with E-state index in [4.69, 9.17) is 21.1 Å². The van der Waals surface area contributed by atoms with E-state index in [1.807, 2.05) is 0 Å². The normalized spacial score (nSPS) is 10.9. The summed E-state index contributed by atoms with van der Waals surface area (Å²) < 4.78 is 10.5. The Morgan fingerprint density at radius 2 is 1.70 bits per heavy atom. The number of carbonyl (C=O) groups is 2. The van der Waals surface area contributed by atoms with Gasteiger partial charge in [0.1, 0.15) is 5.70 Å². The minimum Gasteiger partial charge on any atom is -0.493 e. The van der Waals surface area contributed by atoms with Crippen LogP contribution in [0.25, 0.3) is 6.08 Å². The molecule has 142 valence electrons. The lowest BCUT2D eigenvalue weighted by molar-refractivity contribution is -0.124. The topological polar surface area (TPSA) is 67.9 Å². The molecule has 2 amide bonds. The van der Waals surface area contributed by atoms with E-state index in [1.165, 1.54) is 19.1 Å². The Morgan fingerprint density at radius 3 is 2.30 bits per heavy atom. The summed E-state index contributed by atoms with van der Waals surface area (Å²) in [4.78, 5) is 26.5. The zero-order valence-electron chi connectivity index (χ0n) is 15.6. The lowest BCUT2D eigenvalue weighted by atomic mass is 10.1. The monoisotopic (exact) mass is 388 g/mol. The van der Waals surface area contributed by atoms with Gasteiger partial charge in [0.2, 0.25) is 0 Å². The smallest absolute Gasteiger partial charge is 0.269 e. The standard InChI is InChI=1S/C20H21ClN2O4/c1-23(2)20(25)16(22-19(24)14-7-5-6-8-15(14)21)11-13-9-10-17(26-3)18(12-13)27-4/h5-12H,1-4H3,(H,22,24)/b16-11-. The highest BCUT2D eigenvalue weighted by Gasteiger charge is 2.18. The molecule has 0 atom stereocenters. The van der Waals surface area contributed by atoms with Crippen molar-refractivity contribution in [3.8, 4) is 11.5 Å². The van der Waals surface area contributed by atoms with Crippen LogP contribution in [0.3, 0.4) is 0 Å². The molecule has 0 aliphatic rings. The molecule has 0 aliphatic heterocycles. The van der Waals surface area contributed by atoms with Crippen molar-refractivity contribution in [2.45, 2.75) is 0 Å². The SMILES string of the molecule is COc1ccc(/C=C(\NC(=O)c2ccccc2Cl)C(=O)N(C)C)cc1OC. The number of halogens is 1. The predicted octanol–water partition coefficient (Wildman–Crippen LogP) is 3.22. The van der Waals surface area contributed by atoms with Crippen molar-refractivity contribution >= 4 is 29.5 Å². The first-order valence-electron chi connectivity index (χ1n) is 8.08. The number of rotatable bonds is 6. The van der Waals surface area contributed by atoms with Gasteiger partial charge in [-0.3, -0.25) is 9.59 Å². The number of nitrogens with zero attached hydrogens (tertiary/aromatic N) is 1. The minimum atomic E-state index is -0.470. The quantitative estimate of drug-likeness (QED) is 0.771. The third-order valence-electron chi connectivity index (χ3n) is 3.72. The second-order valence-corrected chi connectivity index (χ2v) is 6.21. The van der Waals surface area contributed by atoms with E-state index in [2.05, 4.69) is 5.32 Å². The molecule has 0 unspecified atom stereocenters. The molecular formula is C20H21ClN2O4. The fraction of sp³-hybridized carbons (Fsp3) is 0.200. The molecule has 0 radical (unpaired) electrons. The predicted molar refractivity (Wildman–Crippen MR) is 105 cm³/mol. The number of carbonyl (C=O) groups excluding carboxylic acids is 2. The summed E-state index contributed by atoms with van der Waals surface area (Å²) in [6.07, 6.45) is 1.57. The van der Waals surface area contributed by atoms with E-state index in [0.717, 1.165) is 0 Å². The molecule has 0 heterocycles. The van der Waals surface area contributed by atoms with Crippen molar-refractivity contribution in [1.82, 2.24) is 10.2 Å².